The molecule has 0 aliphatic rings. The lowest BCUT2D eigenvalue weighted by atomic mass is 9.85. The van der Waals surface area contributed by atoms with Crippen molar-refractivity contribution in [2.75, 3.05) is 13.2 Å². The molecule has 124 valence electrons. The van der Waals surface area contributed by atoms with E-state index in [-0.39, 0.29) is 13.2 Å². The molecule has 2 atom stereocenters. The lowest BCUT2D eigenvalue weighted by Gasteiger charge is -2.32. The van der Waals surface area contributed by atoms with Crippen molar-refractivity contribution in [1.82, 2.24) is 4.72 Å². The Balaban J connectivity index is 5.37. The van der Waals surface area contributed by atoms with Gasteiger partial charge in [0.1, 0.15) is 6.04 Å². The van der Waals surface area contributed by atoms with Crippen molar-refractivity contribution in [3.05, 3.63) is 0 Å². The summed E-state index contributed by atoms with van der Waals surface area (Å²) in [6, 6.07) is -1.04. The summed E-state index contributed by atoms with van der Waals surface area (Å²) >= 11 is 0. The fourth-order valence-corrected chi connectivity index (χ4v) is 2.39. The topological polar surface area (TPSA) is 81.7 Å². The predicted molar refractivity (Wildman–Crippen MR) is 81.9 cm³/mol. The molecule has 0 bridgehead atoms. The third-order valence-corrected chi connectivity index (χ3v) is 4.39. The third-order valence-electron chi connectivity index (χ3n) is 2.83. The quantitative estimate of drug-likeness (QED) is 0.720. The van der Waals surface area contributed by atoms with E-state index < -0.39 is 39.1 Å². The second kappa shape index (κ2) is 7.89. The molecule has 0 saturated heterocycles. The van der Waals surface area contributed by atoms with Crippen molar-refractivity contribution in [1.29, 1.82) is 0 Å². The average molecular weight is 321 g/mol. The van der Waals surface area contributed by atoms with Crippen LogP contribution in [0.15, 0.2) is 0 Å². The normalized spacial score (nSPS) is 15.2. The van der Waals surface area contributed by atoms with Crippen LogP contribution in [0.25, 0.3) is 0 Å². The van der Waals surface area contributed by atoms with Gasteiger partial charge in [-0.1, -0.05) is 0 Å². The zero-order valence-corrected chi connectivity index (χ0v) is 14.8. The highest BCUT2D eigenvalue weighted by molar-refractivity contribution is 7.84. The van der Waals surface area contributed by atoms with Crippen molar-refractivity contribution in [3.63, 3.8) is 0 Å². The molecule has 21 heavy (non-hydrogen) atoms. The van der Waals surface area contributed by atoms with Crippen LogP contribution in [0, 0.1) is 5.41 Å². The van der Waals surface area contributed by atoms with Gasteiger partial charge in [-0.3, -0.25) is 9.59 Å². The highest BCUT2D eigenvalue weighted by Gasteiger charge is 2.45. The Morgan fingerprint density at radius 2 is 1.52 bits per heavy atom. The Morgan fingerprint density at radius 1 is 1.05 bits per heavy atom. The molecule has 6 nitrogen and oxygen atoms in total. The molecule has 0 heterocycles. The van der Waals surface area contributed by atoms with Crippen molar-refractivity contribution >= 4 is 22.9 Å². The maximum Gasteiger partial charge on any atom is 0.325 e. The first kappa shape index (κ1) is 20.1. The Bertz CT molecular complexity index is 401. The van der Waals surface area contributed by atoms with Gasteiger partial charge < -0.3 is 9.47 Å². The highest BCUT2D eigenvalue weighted by atomic mass is 32.2. The van der Waals surface area contributed by atoms with Crippen LogP contribution < -0.4 is 4.72 Å². The molecule has 0 spiro atoms. The molecule has 7 heteroatoms. The molecular formula is C14H27NO5S. The van der Waals surface area contributed by atoms with Crippen LogP contribution in [0.2, 0.25) is 0 Å². The summed E-state index contributed by atoms with van der Waals surface area (Å²) in [7, 11) is -1.52. The van der Waals surface area contributed by atoms with Crippen molar-refractivity contribution in [2.24, 2.45) is 5.41 Å². The Labute approximate surface area is 129 Å². The molecular weight excluding hydrogens is 294 g/mol. The maximum atomic E-state index is 12.3. The van der Waals surface area contributed by atoms with Crippen LogP contribution in [-0.2, 0) is 30.0 Å². The molecule has 0 aromatic heterocycles. The van der Waals surface area contributed by atoms with E-state index in [1.165, 1.54) is 0 Å². The number of nitrogens with one attached hydrogen (secondary N) is 1. The second-order valence-corrected chi connectivity index (χ2v) is 8.12. The largest absolute Gasteiger partial charge is 0.466 e. The van der Waals surface area contributed by atoms with Gasteiger partial charge in [0.15, 0.2) is 0 Å². The van der Waals surface area contributed by atoms with Gasteiger partial charge in [-0.2, -0.15) is 0 Å². The van der Waals surface area contributed by atoms with E-state index in [2.05, 4.69) is 4.72 Å². The van der Waals surface area contributed by atoms with E-state index >= 15 is 0 Å². The molecule has 0 aromatic rings. The first-order valence-electron chi connectivity index (χ1n) is 7.00. The van der Waals surface area contributed by atoms with Gasteiger partial charge in [0, 0.05) is 0 Å². The SMILES string of the molecule is CCOC(=O)[C@H](NS(=O)C(C)(C)C)C(C)(C)C(=O)OCC. The zero-order chi connectivity index (χ0) is 16.8. The summed E-state index contributed by atoms with van der Waals surface area (Å²) in [5, 5.41) is 0. The molecule has 0 aliphatic heterocycles. The smallest absolute Gasteiger partial charge is 0.325 e. The number of hydrogen-bond acceptors (Lipinski definition) is 5. The first-order valence-corrected chi connectivity index (χ1v) is 8.15. The van der Waals surface area contributed by atoms with E-state index in [9.17, 15) is 13.8 Å². The minimum Gasteiger partial charge on any atom is -0.466 e. The minimum atomic E-state index is -1.52. The fourth-order valence-electron chi connectivity index (χ4n) is 1.43. The van der Waals surface area contributed by atoms with Gasteiger partial charge in [0.05, 0.1) is 34.4 Å². The van der Waals surface area contributed by atoms with Crippen LogP contribution in [0.5, 0.6) is 0 Å². The van der Waals surface area contributed by atoms with Gasteiger partial charge in [-0.15, -0.1) is 0 Å². The summed E-state index contributed by atoms with van der Waals surface area (Å²) in [6.45, 7) is 12.2. The maximum absolute atomic E-state index is 12.3. The summed E-state index contributed by atoms with van der Waals surface area (Å²) in [5.74, 6) is -1.16. The second-order valence-electron chi connectivity index (χ2n) is 6.13. The molecule has 0 rings (SSSR count). The molecule has 0 amide bonds. The van der Waals surface area contributed by atoms with E-state index in [1.807, 2.05) is 0 Å². The van der Waals surface area contributed by atoms with Crippen molar-refractivity contribution < 1.29 is 23.3 Å². The van der Waals surface area contributed by atoms with E-state index in [0.717, 1.165) is 0 Å². The zero-order valence-electron chi connectivity index (χ0n) is 13.9. The Morgan fingerprint density at radius 3 is 1.90 bits per heavy atom. The molecule has 0 fully saturated rings. The average Bonchev–Trinajstić information content (AvgIpc) is 2.34. The third kappa shape index (κ3) is 5.74. The van der Waals surface area contributed by atoms with Gasteiger partial charge in [-0.05, 0) is 48.5 Å². The van der Waals surface area contributed by atoms with E-state index in [4.69, 9.17) is 9.47 Å². The van der Waals surface area contributed by atoms with Crippen LogP contribution in [-0.4, -0.2) is 40.2 Å². The lowest BCUT2D eigenvalue weighted by Crippen LogP contribution is -2.55. The minimum absolute atomic E-state index is 0.179. The molecule has 1 unspecified atom stereocenters. The van der Waals surface area contributed by atoms with Crippen LogP contribution in [0.3, 0.4) is 0 Å². The highest BCUT2D eigenvalue weighted by Crippen LogP contribution is 2.25. The molecule has 1 N–H and O–H groups in total. The molecule has 0 aliphatic carbocycles. The Hall–Kier alpha value is -0.950. The van der Waals surface area contributed by atoms with Crippen molar-refractivity contribution in [3.8, 4) is 0 Å². The van der Waals surface area contributed by atoms with Crippen LogP contribution in [0.4, 0.5) is 0 Å². The lowest BCUT2D eigenvalue weighted by molar-refractivity contribution is -0.162. The van der Waals surface area contributed by atoms with Crippen LogP contribution >= 0.6 is 0 Å². The van der Waals surface area contributed by atoms with Crippen LogP contribution in [0.1, 0.15) is 48.5 Å². The first-order chi connectivity index (χ1) is 9.48. The monoisotopic (exact) mass is 321 g/mol. The summed E-state index contributed by atoms with van der Waals surface area (Å²) in [4.78, 5) is 24.2. The van der Waals surface area contributed by atoms with Crippen molar-refractivity contribution in [2.45, 2.75) is 59.3 Å². The van der Waals surface area contributed by atoms with Gasteiger partial charge >= 0.3 is 11.9 Å². The number of rotatable bonds is 7. The summed E-state index contributed by atoms with van der Waals surface area (Å²) in [5.41, 5.74) is -1.19. The predicted octanol–water partition coefficient (Wildman–Crippen LogP) is 1.56. The summed E-state index contributed by atoms with van der Waals surface area (Å²) < 4.78 is 24.4. The molecule has 0 radical (unpaired) electrons. The van der Waals surface area contributed by atoms with E-state index in [0.29, 0.717) is 0 Å². The number of ether oxygens (including phenoxy) is 2. The number of hydrogen-bond donors (Lipinski definition) is 1. The Kier molecular flexibility index (Phi) is 7.53. The van der Waals surface area contributed by atoms with Gasteiger partial charge in [0.25, 0.3) is 0 Å². The number of esters is 2. The standard InChI is InChI=1S/C14H27NO5S/c1-8-19-11(16)10(15-21(18)13(3,4)5)14(6,7)12(17)20-9-2/h10,15H,8-9H2,1-7H3/t10-,21?/m0/s1. The molecule has 0 saturated carbocycles. The number of carbonyl (C=O) groups excluding carboxylic acids is 2. The van der Waals surface area contributed by atoms with E-state index in [1.54, 1.807) is 48.5 Å². The molecule has 0 aromatic carbocycles. The fraction of sp³-hybridized carbons (Fsp3) is 0.857. The van der Waals surface area contributed by atoms with Gasteiger partial charge in [-0.25, -0.2) is 8.93 Å². The number of carbonyl (C=O) groups is 2. The summed E-state index contributed by atoms with van der Waals surface area (Å²) in [6.07, 6.45) is 0. The van der Waals surface area contributed by atoms with Gasteiger partial charge in [0.2, 0.25) is 0 Å².